The molecule has 0 heterocycles. The summed E-state index contributed by atoms with van der Waals surface area (Å²) < 4.78 is 30.1. The van der Waals surface area contributed by atoms with E-state index in [4.69, 9.17) is 0 Å². The summed E-state index contributed by atoms with van der Waals surface area (Å²) in [6, 6.07) is 12.2. The van der Waals surface area contributed by atoms with E-state index in [1.54, 1.807) is 24.3 Å². The number of allylic oxidation sites excluding steroid dienone is 2. The van der Waals surface area contributed by atoms with Gasteiger partial charge in [-0.25, -0.2) is 0 Å². The molecule has 0 aromatic heterocycles. The van der Waals surface area contributed by atoms with Crippen LogP contribution in [0.25, 0.3) is 35.7 Å². The Labute approximate surface area is 228 Å². The van der Waals surface area contributed by atoms with Crippen molar-refractivity contribution in [1.29, 1.82) is 0 Å². The number of phosphoric acid groups is 2. The fourth-order valence-corrected chi connectivity index (χ4v) is 3.64. The second-order valence-electron chi connectivity index (χ2n) is 5.79. The molecule has 2 aromatic carbocycles. The molecule has 2 aromatic rings. The van der Waals surface area contributed by atoms with Gasteiger partial charge in [0.1, 0.15) is 27.1 Å². The standard InChI is InChI=1S/C18H22O8P2.4H2N.2Pt/c1-3-17(13-5-9-15(10-6-13)25-27(19,20)21)18(4-2)14-7-11-16(12-8-14)26-28(22,23)24;;;;;;/h5-12H,3-4H2,1-2H3,(H2,19,20,21)(H2,22,23,24);4*1H2;;/q;4*-1;2*+4/p-4. The Morgan fingerprint density at radius 1 is 0.618 bits per heavy atom. The Morgan fingerprint density at radius 3 is 1.03 bits per heavy atom. The SMILES string of the molecule is CCC(=C(CC)c1ccc(OP(=O)([O-])[O-])cc1)c1ccc(OP(=O)([O-])[O-])cc1.[NH2-].[NH2-].[NH2-].[NH2-].[Pt+4].[Pt+4]. The first kappa shape index (κ1) is 43.4. The topological polar surface area (TPSA) is 279 Å². The normalized spacial score (nSPS) is 10.8. The van der Waals surface area contributed by atoms with Gasteiger partial charge in [-0.2, -0.15) is 0 Å². The van der Waals surface area contributed by atoms with Crippen molar-refractivity contribution in [2.75, 3.05) is 0 Å². The van der Waals surface area contributed by atoms with Gasteiger partial charge in [0.25, 0.3) is 0 Å². The van der Waals surface area contributed by atoms with Crippen molar-refractivity contribution in [1.82, 2.24) is 0 Å². The van der Waals surface area contributed by atoms with E-state index in [-0.39, 0.29) is 78.2 Å². The summed E-state index contributed by atoms with van der Waals surface area (Å²) in [6.07, 6.45) is 1.33. The fourth-order valence-electron chi connectivity index (χ4n) is 2.88. The molecule has 2 rings (SSSR count). The van der Waals surface area contributed by atoms with Gasteiger partial charge >= 0.3 is 42.1 Å². The van der Waals surface area contributed by atoms with E-state index in [9.17, 15) is 28.7 Å². The van der Waals surface area contributed by atoms with Crippen LogP contribution in [0.2, 0.25) is 0 Å². The zero-order valence-electron chi connectivity index (χ0n) is 18.1. The smallest absolute Gasteiger partial charge is 0.780 e. The largest absolute Gasteiger partial charge is 4.00 e. The first-order valence-corrected chi connectivity index (χ1v) is 11.3. The van der Waals surface area contributed by atoms with Crippen molar-refractivity contribution in [2.24, 2.45) is 0 Å². The molecule has 0 radical (unpaired) electrons. The maximum absolute atomic E-state index is 10.7. The molecule has 16 heteroatoms. The first-order chi connectivity index (χ1) is 13.0. The van der Waals surface area contributed by atoms with E-state index in [0.29, 0.717) is 12.8 Å². The van der Waals surface area contributed by atoms with Gasteiger partial charge in [0.05, 0.1) is 0 Å². The molecule has 0 saturated carbocycles. The van der Waals surface area contributed by atoms with Gasteiger partial charge in [-0.05, 0) is 59.4 Å². The van der Waals surface area contributed by atoms with Crippen LogP contribution in [0.15, 0.2) is 48.5 Å². The Balaban J connectivity index is -0.000000467. The van der Waals surface area contributed by atoms with Gasteiger partial charge in [0.2, 0.25) is 0 Å². The summed E-state index contributed by atoms with van der Waals surface area (Å²) in [7, 11) is -10.2. The van der Waals surface area contributed by atoms with Gasteiger partial charge in [0.15, 0.2) is 0 Å². The van der Waals surface area contributed by atoms with Gasteiger partial charge in [-0.3, -0.25) is 0 Å². The van der Waals surface area contributed by atoms with E-state index in [2.05, 4.69) is 9.05 Å². The molecule has 0 aliphatic rings. The van der Waals surface area contributed by atoms with Gasteiger partial charge in [-0.1, -0.05) is 38.1 Å². The average Bonchev–Trinajstić information content (AvgIpc) is 2.59. The van der Waals surface area contributed by atoms with Crippen LogP contribution in [-0.2, 0) is 51.3 Å². The third kappa shape index (κ3) is 14.0. The van der Waals surface area contributed by atoms with Crippen LogP contribution in [0.3, 0.4) is 0 Å². The zero-order valence-corrected chi connectivity index (χ0v) is 24.5. The summed E-state index contributed by atoms with van der Waals surface area (Å²) in [5.74, 6) is -0.126. The predicted molar refractivity (Wildman–Crippen MR) is 118 cm³/mol. The summed E-state index contributed by atoms with van der Waals surface area (Å²) in [4.78, 5) is 42.8. The minimum absolute atomic E-state index is 0. The second kappa shape index (κ2) is 18.5. The van der Waals surface area contributed by atoms with Crippen LogP contribution in [0.4, 0.5) is 0 Å². The quantitative estimate of drug-likeness (QED) is 0.264. The first-order valence-electron chi connectivity index (χ1n) is 8.38. The second-order valence-corrected chi connectivity index (χ2v) is 7.94. The Kier molecular flexibility index (Phi) is 23.7. The monoisotopic (exact) mass is 878 g/mol. The summed E-state index contributed by atoms with van der Waals surface area (Å²) >= 11 is 0. The van der Waals surface area contributed by atoms with Crippen LogP contribution in [0.1, 0.15) is 37.8 Å². The molecular weight excluding hydrogens is 852 g/mol. The van der Waals surface area contributed by atoms with Crippen molar-refractivity contribution in [3.63, 3.8) is 0 Å². The van der Waals surface area contributed by atoms with Gasteiger partial charge in [-0.15, -0.1) is 0 Å². The van der Waals surface area contributed by atoms with Crippen molar-refractivity contribution in [2.45, 2.75) is 26.7 Å². The molecular formula is C18H26N4O8P2Pt2. The van der Waals surface area contributed by atoms with Crippen molar-refractivity contribution >= 4 is 26.8 Å². The van der Waals surface area contributed by atoms with Crippen LogP contribution in [0, 0.1) is 0 Å². The maximum Gasteiger partial charge on any atom is 4.00 e. The zero-order chi connectivity index (χ0) is 20.9. The van der Waals surface area contributed by atoms with Crippen LogP contribution >= 0.6 is 15.6 Å². The molecule has 0 unspecified atom stereocenters. The molecule has 0 aliphatic heterocycles. The summed E-state index contributed by atoms with van der Waals surface area (Å²) in [5.41, 5.74) is 3.60. The average molecular weight is 879 g/mol. The third-order valence-electron chi connectivity index (χ3n) is 3.91. The molecule has 8 N–H and O–H groups in total. The van der Waals surface area contributed by atoms with E-state index >= 15 is 0 Å². The van der Waals surface area contributed by atoms with Crippen molar-refractivity contribution in [3.05, 3.63) is 84.3 Å². The van der Waals surface area contributed by atoms with Gasteiger partial charge < -0.3 is 62.4 Å². The number of nitrogens with two attached hydrogens (primary N) is 4. The summed E-state index contributed by atoms with van der Waals surface area (Å²) in [5, 5.41) is 0. The van der Waals surface area contributed by atoms with E-state index < -0.39 is 15.6 Å². The van der Waals surface area contributed by atoms with E-state index in [1.807, 2.05) is 13.8 Å². The molecule has 12 nitrogen and oxygen atoms in total. The molecule has 0 bridgehead atoms. The number of rotatable bonds is 8. The molecule has 0 spiro atoms. The van der Waals surface area contributed by atoms with Crippen molar-refractivity contribution in [3.8, 4) is 11.5 Å². The minimum atomic E-state index is -5.11. The number of hydrogen-bond acceptors (Lipinski definition) is 8. The Hall–Kier alpha value is -0.703. The number of phosphoric ester groups is 2. The molecule has 0 atom stereocenters. The fraction of sp³-hybridized carbons (Fsp3) is 0.222. The third-order valence-corrected chi connectivity index (χ3v) is 4.78. The molecule has 0 amide bonds. The minimum Gasteiger partial charge on any atom is -0.780 e. The predicted octanol–water partition coefficient (Wildman–Crippen LogP) is 4.70. The Bertz CT molecular complexity index is 874. The van der Waals surface area contributed by atoms with Crippen molar-refractivity contribution < 1.29 is 79.9 Å². The summed E-state index contributed by atoms with van der Waals surface area (Å²) in [6.45, 7) is 3.92. The molecule has 34 heavy (non-hydrogen) atoms. The molecule has 0 fully saturated rings. The number of benzene rings is 2. The van der Waals surface area contributed by atoms with Crippen LogP contribution < -0.4 is 28.6 Å². The van der Waals surface area contributed by atoms with E-state index in [0.717, 1.165) is 22.3 Å². The van der Waals surface area contributed by atoms with Crippen LogP contribution in [0.5, 0.6) is 11.5 Å². The molecule has 0 saturated heterocycles. The van der Waals surface area contributed by atoms with Gasteiger partial charge in [0, 0.05) is 0 Å². The molecule has 196 valence electrons. The maximum atomic E-state index is 10.7. The van der Waals surface area contributed by atoms with Crippen LogP contribution in [-0.4, -0.2) is 0 Å². The van der Waals surface area contributed by atoms with E-state index in [1.165, 1.54) is 24.3 Å². The molecule has 0 aliphatic carbocycles. The Morgan fingerprint density at radius 2 is 0.853 bits per heavy atom. The number of hydrogen-bond donors (Lipinski definition) is 0.